The van der Waals surface area contributed by atoms with Crippen molar-refractivity contribution < 1.29 is 18.7 Å². The highest BCUT2D eigenvalue weighted by Gasteiger charge is 2.55. The molecule has 0 unspecified atom stereocenters. The van der Waals surface area contributed by atoms with Gasteiger partial charge in [0.15, 0.2) is 5.82 Å². The summed E-state index contributed by atoms with van der Waals surface area (Å²) < 4.78 is 26.7. The van der Waals surface area contributed by atoms with E-state index < -0.39 is 11.4 Å². The van der Waals surface area contributed by atoms with E-state index in [0.717, 1.165) is 6.42 Å². The number of ether oxygens (including phenoxy) is 2. The highest BCUT2D eigenvalue weighted by Crippen LogP contribution is 2.40. The summed E-state index contributed by atoms with van der Waals surface area (Å²) >= 11 is 0. The molecule has 0 aromatic carbocycles. The van der Waals surface area contributed by atoms with E-state index in [2.05, 4.69) is 10.1 Å². The van der Waals surface area contributed by atoms with Crippen LogP contribution >= 0.6 is 0 Å². The van der Waals surface area contributed by atoms with E-state index in [0.29, 0.717) is 32.0 Å². The Morgan fingerprint density at radius 3 is 3.04 bits per heavy atom. The molecule has 1 atom stereocenters. The summed E-state index contributed by atoms with van der Waals surface area (Å²) in [5.74, 6) is -0.472. The summed E-state index contributed by atoms with van der Waals surface area (Å²) in [6.45, 7) is 1.94. The maximum atomic E-state index is 13.6. The minimum atomic E-state index is -0.476. The Balaban J connectivity index is 1.38. The van der Waals surface area contributed by atoms with Gasteiger partial charge in [-0.3, -0.25) is 9.48 Å². The van der Waals surface area contributed by atoms with Crippen molar-refractivity contribution in [3.63, 3.8) is 0 Å². The van der Waals surface area contributed by atoms with Crippen molar-refractivity contribution in [3.05, 3.63) is 42.1 Å². The number of halogens is 1. The lowest BCUT2D eigenvalue weighted by molar-refractivity contribution is -0.122. The lowest BCUT2D eigenvalue weighted by atomic mass is 9.81. The van der Waals surface area contributed by atoms with Gasteiger partial charge in [-0.2, -0.15) is 5.10 Å². The number of pyridine rings is 1. The van der Waals surface area contributed by atoms with E-state index >= 15 is 0 Å². The third-order valence-electron chi connectivity index (χ3n) is 4.88. The quantitative estimate of drug-likeness (QED) is 0.834. The highest BCUT2D eigenvalue weighted by atomic mass is 19.1. The zero-order valence-electron chi connectivity index (χ0n) is 13.9. The molecule has 0 bridgehead atoms. The number of hydrogen-bond acceptors (Lipinski definition) is 5. The molecule has 0 aliphatic carbocycles. The molecule has 2 aliphatic heterocycles. The molecule has 2 fully saturated rings. The first-order valence-electron chi connectivity index (χ1n) is 8.24. The molecule has 2 saturated heterocycles. The van der Waals surface area contributed by atoms with Crippen LogP contribution in [0.3, 0.4) is 0 Å². The van der Waals surface area contributed by atoms with Crippen molar-refractivity contribution in [2.45, 2.75) is 12.0 Å². The molecule has 0 radical (unpaired) electrons. The number of rotatable bonds is 4. The SMILES string of the molecule is Cn1ccc(C(=O)N2CC3(C2)OCC[C@H]3COc2ncccc2F)n1. The predicted octanol–water partition coefficient (Wildman–Crippen LogP) is 1.26. The van der Waals surface area contributed by atoms with E-state index in [-0.39, 0.29) is 17.7 Å². The van der Waals surface area contributed by atoms with Crippen LogP contribution in [-0.4, -0.2) is 57.5 Å². The highest BCUT2D eigenvalue weighted by molar-refractivity contribution is 5.93. The van der Waals surface area contributed by atoms with Gasteiger partial charge in [-0.05, 0) is 24.6 Å². The second-order valence-corrected chi connectivity index (χ2v) is 6.54. The number of aryl methyl sites for hydroxylation is 1. The van der Waals surface area contributed by atoms with Crippen molar-refractivity contribution in [2.24, 2.45) is 13.0 Å². The zero-order valence-corrected chi connectivity index (χ0v) is 13.9. The minimum Gasteiger partial charge on any atom is -0.475 e. The first-order chi connectivity index (χ1) is 12.1. The van der Waals surface area contributed by atoms with Crippen molar-refractivity contribution in [1.29, 1.82) is 0 Å². The third kappa shape index (κ3) is 2.86. The van der Waals surface area contributed by atoms with Crippen LogP contribution in [0.25, 0.3) is 0 Å². The first kappa shape index (κ1) is 16.0. The molecule has 7 nitrogen and oxygen atoms in total. The van der Waals surface area contributed by atoms with Gasteiger partial charge in [-0.15, -0.1) is 0 Å². The molecule has 1 spiro atoms. The molecule has 0 saturated carbocycles. The van der Waals surface area contributed by atoms with Gasteiger partial charge in [-0.25, -0.2) is 9.37 Å². The fraction of sp³-hybridized carbons (Fsp3) is 0.471. The van der Waals surface area contributed by atoms with Gasteiger partial charge in [-0.1, -0.05) is 0 Å². The molecule has 0 N–H and O–H groups in total. The van der Waals surface area contributed by atoms with Crippen molar-refractivity contribution >= 4 is 5.91 Å². The molecule has 1 amide bonds. The fourth-order valence-corrected chi connectivity index (χ4v) is 3.46. The average molecular weight is 346 g/mol. The van der Waals surface area contributed by atoms with E-state index in [9.17, 15) is 9.18 Å². The second-order valence-electron chi connectivity index (χ2n) is 6.54. The van der Waals surface area contributed by atoms with Crippen LogP contribution in [0.5, 0.6) is 5.88 Å². The van der Waals surface area contributed by atoms with Gasteiger partial charge >= 0.3 is 0 Å². The van der Waals surface area contributed by atoms with Gasteiger partial charge in [0.05, 0.1) is 19.7 Å². The number of carbonyl (C=O) groups excluding carboxylic acids is 1. The van der Waals surface area contributed by atoms with E-state index in [1.807, 2.05) is 0 Å². The Labute approximate surface area is 144 Å². The monoisotopic (exact) mass is 346 g/mol. The van der Waals surface area contributed by atoms with Crippen LogP contribution in [0, 0.1) is 11.7 Å². The largest absolute Gasteiger partial charge is 0.475 e. The van der Waals surface area contributed by atoms with E-state index in [1.165, 1.54) is 18.3 Å². The van der Waals surface area contributed by atoms with Crippen LogP contribution < -0.4 is 4.74 Å². The molecule has 8 heteroatoms. The summed E-state index contributed by atoms with van der Waals surface area (Å²) in [4.78, 5) is 18.0. The smallest absolute Gasteiger partial charge is 0.274 e. The van der Waals surface area contributed by atoms with Crippen molar-refractivity contribution in [1.82, 2.24) is 19.7 Å². The first-order valence-corrected chi connectivity index (χ1v) is 8.24. The summed E-state index contributed by atoms with van der Waals surface area (Å²) in [7, 11) is 1.78. The number of likely N-dealkylation sites (tertiary alicyclic amines) is 1. The summed E-state index contributed by atoms with van der Waals surface area (Å²) in [5.41, 5.74) is 0.0223. The molecule has 4 rings (SSSR count). The van der Waals surface area contributed by atoms with Crippen LogP contribution in [-0.2, 0) is 11.8 Å². The van der Waals surface area contributed by atoms with Gasteiger partial charge < -0.3 is 14.4 Å². The Kier molecular flexibility index (Phi) is 3.91. The van der Waals surface area contributed by atoms with Gasteiger partial charge in [0, 0.05) is 32.0 Å². The Morgan fingerprint density at radius 1 is 1.48 bits per heavy atom. The molecular weight excluding hydrogens is 327 g/mol. The molecular formula is C17H19FN4O3. The number of carbonyl (C=O) groups is 1. The molecule has 132 valence electrons. The number of hydrogen-bond donors (Lipinski definition) is 0. The number of nitrogens with zero attached hydrogens (tertiary/aromatic N) is 4. The molecule has 2 aromatic heterocycles. The topological polar surface area (TPSA) is 69.5 Å². The average Bonchev–Trinajstić information content (AvgIpc) is 3.18. The lowest BCUT2D eigenvalue weighted by Crippen LogP contribution is -2.66. The minimum absolute atomic E-state index is 0.00490. The van der Waals surface area contributed by atoms with Crippen molar-refractivity contribution in [3.8, 4) is 5.88 Å². The molecule has 2 aliphatic rings. The molecule has 25 heavy (non-hydrogen) atoms. The lowest BCUT2D eigenvalue weighted by Gasteiger charge is -2.49. The van der Waals surface area contributed by atoms with Crippen LogP contribution in [0.4, 0.5) is 4.39 Å². The molecule has 4 heterocycles. The summed E-state index contributed by atoms with van der Waals surface area (Å²) in [6.07, 6.45) is 4.06. The van der Waals surface area contributed by atoms with E-state index in [4.69, 9.17) is 9.47 Å². The number of amides is 1. The second kappa shape index (κ2) is 6.11. The van der Waals surface area contributed by atoms with Crippen molar-refractivity contribution in [2.75, 3.05) is 26.3 Å². The fourth-order valence-electron chi connectivity index (χ4n) is 3.46. The normalized spacial score (nSPS) is 21.4. The standard InChI is InChI=1S/C17H19FN4O3/c1-21-7-4-14(20-21)16(23)22-10-17(11-22)12(5-8-25-17)9-24-15-13(18)3-2-6-19-15/h2-4,6-7,12H,5,8-11H2,1H3/t12-/m0/s1. The predicted molar refractivity (Wildman–Crippen MR) is 85.6 cm³/mol. The Bertz CT molecular complexity index is 788. The summed E-state index contributed by atoms with van der Waals surface area (Å²) in [5, 5.41) is 4.14. The molecule has 2 aromatic rings. The number of aromatic nitrogens is 3. The van der Waals surface area contributed by atoms with Gasteiger partial charge in [0.25, 0.3) is 5.91 Å². The van der Waals surface area contributed by atoms with E-state index in [1.54, 1.807) is 28.9 Å². The zero-order chi connectivity index (χ0) is 17.4. The maximum absolute atomic E-state index is 13.6. The Morgan fingerprint density at radius 2 is 2.32 bits per heavy atom. The Hall–Kier alpha value is -2.48. The van der Waals surface area contributed by atoms with Crippen LogP contribution in [0.15, 0.2) is 30.6 Å². The van der Waals surface area contributed by atoms with Gasteiger partial charge in [0.2, 0.25) is 5.88 Å². The van der Waals surface area contributed by atoms with Crippen LogP contribution in [0.1, 0.15) is 16.9 Å². The maximum Gasteiger partial charge on any atom is 0.274 e. The van der Waals surface area contributed by atoms with Crippen LogP contribution in [0.2, 0.25) is 0 Å². The summed E-state index contributed by atoms with van der Waals surface area (Å²) in [6, 6.07) is 4.54. The third-order valence-corrected chi connectivity index (χ3v) is 4.88. The van der Waals surface area contributed by atoms with Gasteiger partial charge in [0.1, 0.15) is 11.3 Å².